The zero-order valence-electron chi connectivity index (χ0n) is 19.1. The number of morpholine rings is 1. The van der Waals surface area contributed by atoms with Crippen LogP contribution in [0.25, 0.3) is 0 Å². The molecule has 1 aliphatic carbocycles. The monoisotopic (exact) mass is 491 g/mol. The van der Waals surface area contributed by atoms with Crippen LogP contribution in [0.3, 0.4) is 0 Å². The van der Waals surface area contributed by atoms with Gasteiger partial charge in [-0.1, -0.05) is 0 Å². The van der Waals surface area contributed by atoms with Gasteiger partial charge >= 0.3 is 6.09 Å². The molecule has 3 heterocycles. The number of hydrogen-bond donors (Lipinski definition) is 5. The lowest BCUT2D eigenvalue weighted by molar-refractivity contribution is 0.1000. The second-order valence-electron chi connectivity index (χ2n) is 8.58. The Balaban J connectivity index is 1.59. The zero-order chi connectivity index (χ0) is 25.1. The van der Waals surface area contributed by atoms with Crippen molar-refractivity contribution in [3.63, 3.8) is 0 Å². The van der Waals surface area contributed by atoms with Crippen molar-refractivity contribution in [2.45, 2.75) is 31.8 Å². The standard InChI is InChI=1S/C22H27F2N7O4/c1-11(27-22(33)34)17(12-2-3-12)29-20-15(23)9-14(18(25)32)19(30-20)28-13-8-16(24)21(26-10-13)31-4-6-35-7-5-31/h8-12,17,27H,2-7H2,1H3,(H2,25,32)(H,33,34)(H2,28,29,30)/t11-,17+/m0/s1. The number of anilines is 4. The number of aromatic nitrogens is 2. The van der Waals surface area contributed by atoms with Crippen molar-refractivity contribution < 1.29 is 28.2 Å². The van der Waals surface area contributed by atoms with Crippen molar-refractivity contribution in [3.8, 4) is 0 Å². The second kappa shape index (κ2) is 10.3. The van der Waals surface area contributed by atoms with Crippen molar-refractivity contribution in [1.29, 1.82) is 0 Å². The molecule has 1 saturated carbocycles. The fourth-order valence-corrected chi connectivity index (χ4v) is 4.07. The lowest BCUT2D eigenvalue weighted by Crippen LogP contribution is -2.45. The van der Waals surface area contributed by atoms with Crippen LogP contribution in [0.5, 0.6) is 0 Å². The molecule has 11 nitrogen and oxygen atoms in total. The number of carbonyl (C=O) groups is 2. The van der Waals surface area contributed by atoms with E-state index in [1.165, 1.54) is 12.3 Å². The molecule has 0 spiro atoms. The molecule has 0 bridgehead atoms. The van der Waals surface area contributed by atoms with E-state index in [1.807, 2.05) is 0 Å². The molecule has 1 saturated heterocycles. The normalized spacial score (nSPS) is 17.4. The number of ether oxygens (including phenoxy) is 1. The Morgan fingerprint density at radius 2 is 1.91 bits per heavy atom. The van der Waals surface area contributed by atoms with E-state index in [1.54, 1.807) is 11.8 Å². The van der Waals surface area contributed by atoms with E-state index in [-0.39, 0.29) is 34.6 Å². The van der Waals surface area contributed by atoms with E-state index < -0.39 is 35.7 Å². The first-order chi connectivity index (χ1) is 16.7. The van der Waals surface area contributed by atoms with Gasteiger partial charge in [-0.3, -0.25) is 4.79 Å². The van der Waals surface area contributed by atoms with Gasteiger partial charge in [0, 0.05) is 25.2 Å². The van der Waals surface area contributed by atoms with Crippen molar-refractivity contribution in [3.05, 3.63) is 35.5 Å². The molecule has 1 aliphatic heterocycles. The zero-order valence-corrected chi connectivity index (χ0v) is 19.1. The summed E-state index contributed by atoms with van der Waals surface area (Å²) < 4.78 is 34.9. The molecule has 2 aliphatic rings. The molecule has 6 N–H and O–H groups in total. The van der Waals surface area contributed by atoms with Gasteiger partial charge in [0.15, 0.2) is 23.3 Å². The quantitative estimate of drug-likeness (QED) is 0.355. The van der Waals surface area contributed by atoms with Crippen molar-refractivity contribution in [2.75, 3.05) is 41.8 Å². The molecule has 188 valence electrons. The number of carbonyl (C=O) groups excluding carboxylic acids is 1. The van der Waals surface area contributed by atoms with E-state index >= 15 is 0 Å². The maximum atomic E-state index is 14.8. The van der Waals surface area contributed by atoms with Crippen molar-refractivity contribution >= 4 is 35.1 Å². The Morgan fingerprint density at radius 3 is 2.51 bits per heavy atom. The number of pyridine rings is 2. The smallest absolute Gasteiger partial charge is 0.404 e. The van der Waals surface area contributed by atoms with E-state index in [2.05, 4.69) is 25.9 Å². The maximum Gasteiger partial charge on any atom is 0.404 e. The summed E-state index contributed by atoms with van der Waals surface area (Å²) in [7, 11) is 0. The molecule has 2 atom stereocenters. The maximum absolute atomic E-state index is 14.8. The van der Waals surface area contributed by atoms with Crippen LogP contribution in [0.1, 0.15) is 30.1 Å². The Hall–Kier alpha value is -3.74. The summed E-state index contributed by atoms with van der Waals surface area (Å²) in [6, 6.07) is 1.18. The topological polar surface area (TPSA) is 155 Å². The van der Waals surface area contributed by atoms with Gasteiger partial charge in [-0.15, -0.1) is 0 Å². The lowest BCUT2D eigenvalue weighted by Gasteiger charge is -2.28. The van der Waals surface area contributed by atoms with E-state index in [9.17, 15) is 18.4 Å². The number of halogens is 2. The molecule has 0 unspecified atom stereocenters. The fraction of sp³-hybridized carbons (Fsp3) is 0.455. The third kappa shape index (κ3) is 5.85. The highest BCUT2D eigenvalue weighted by Gasteiger charge is 2.36. The van der Waals surface area contributed by atoms with Gasteiger partial charge in [0.2, 0.25) is 0 Å². The third-order valence-electron chi connectivity index (χ3n) is 5.96. The van der Waals surface area contributed by atoms with Crippen LogP contribution in [-0.4, -0.2) is 65.5 Å². The van der Waals surface area contributed by atoms with Gasteiger partial charge in [0.25, 0.3) is 5.91 Å². The molecular formula is C22H27F2N7O4. The minimum Gasteiger partial charge on any atom is -0.465 e. The summed E-state index contributed by atoms with van der Waals surface area (Å²) in [5.41, 5.74) is 5.37. The van der Waals surface area contributed by atoms with Crippen LogP contribution in [0.2, 0.25) is 0 Å². The number of nitrogens with zero attached hydrogens (tertiary/aromatic N) is 3. The van der Waals surface area contributed by atoms with Gasteiger partial charge in [-0.2, -0.15) is 0 Å². The Bertz CT molecular complexity index is 1110. The first-order valence-electron chi connectivity index (χ1n) is 11.2. The Morgan fingerprint density at radius 1 is 1.20 bits per heavy atom. The minimum atomic E-state index is -1.19. The highest BCUT2D eigenvalue weighted by Crippen LogP contribution is 2.36. The van der Waals surface area contributed by atoms with Crippen molar-refractivity contribution in [1.82, 2.24) is 15.3 Å². The first kappa shape index (κ1) is 24.4. The summed E-state index contributed by atoms with van der Waals surface area (Å²) >= 11 is 0. The Labute approximate surface area is 200 Å². The molecule has 2 aromatic rings. The van der Waals surface area contributed by atoms with Gasteiger partial charge in [-0.25, -0.2) is 23.5 Å². The largest absolute Gasteiger partial charge is 0.465 e. The SMILES string of the molecule is C[C@H](NC(=O)O)[C@@H](Nc1nc(Nc2cnc(N3CCOCC3)c(F)c2)c(C(N)=O)cc1F)C1CC1. The number of nitrogens with two attached hydrogens (primary N) is 1. The second-order valence-corrected chi connectivity index (χ2v) is 8.58. The number of hydrogen-bond acceptors (Lipinski definition) is 8. The van der Waals surface area contributed by atoms with Crippen molar-refractivity contribution in [2.24, 2.45) is 11.7 Å². The van der Waals surface area contributed by atoms with Crippen LogP contribution in [-0.2, 0) is 4.74 Å². The van der Waals surface area contributed by atoms with E-state index in [0.717, 1.165) is 18.9 Å². The summed E-state index contributed by atoms with van der Waals surface area (Å²) in [5.74, 6) is -2.30. The van der Waals surface area contributed by atoms with E-state index in [0.29, 0.717) is 26.3 Å². The molecule has 2 aromatic heterocycles. The van der Waals surface area contributed by atoms with Crippen LogP contribution >= 0.6 is 0 Å². The molecule has 4 rings (SSSR count). The van der Waals surface area contributed by atoms with Crippen LogP contribution in [0, 0.1) is 17.6 Å². The molecular weight excluding hydrogens is 464 g/mol. The molecule has 0 radical (unpaired) electrons. The fourth-order valence-electron chi connectivity index (χ4n) is 4.07. The average Bonchev–Trinajstić information content (AvgIpc) is 3.64. The summed E-state index contributed by atoms with van der Waals surface area (Å²) in [6.07, 6.45) is 1.90. The number of nitrogens with one attached hydrogen (secondary N) is 3. The molecule has 2 fully saturated rings. The summed E-state index contributed by atoms with van der Waals surface area (Å²) in [6.45, 7) is 3.63. The molecule has 35 heavy (non-hydrogen) atoms. The van der Waals surface area contributed by atoms with Crippen LogP contribution in [0.15, 0.2) is 18.3 Å². The number of rotatable bonds is 9. The molecule has 0 aromatic carbocycles. The van der Waals surface area contributed by atoms with Crippen LogP contribution < -0.4 is 26.6 Å². The highest BCUT2D eigenvalue weighted by molar-refractivity contribution is 5.98. The molecule has 13 heteroatoms. The van der Waals surface area contributed by atoms with Gasteiger partial charge in [-0.05, 0) is 31.7 Å². The summed E-state index contributed by atoms with van der Waals surface area (Å²) in [4.78, 5) is 33.1. The lowest BCUT2D eigenvalue weighted by atomic mass is 10.0. The van der Waals surface area contributed by atoms with Gasteiger partial charge < -0.3 is 36.4 Å². The number of amides is 2. The predicted octanol–water partition coefficient (Wildman–Crippen LogP) is 2.28. The third-order valence-corrected chi connectivity index (χ3v) is 5.96. The minimum absolute atomic E-state index is 0.0879. The van der Waals surface area contributed by atoms with E-state index in [4.69, 9.17) is 15.6 Å². The summed E-state index contributed by atoms with van der Waals surface area (Å²) in [5, 5.41) is 17.2. The predicted molar refractivity (Wildman–Crippen MR) is 124 cm³/mol. The first-order valence-corrected chi connectivity index (χ1v) is 11.2. The van der Waals surface area contributed by atoms with Gasteiger partial charge in [0.05, 0.1) is 36.7 Å². The molecule has 2 amide bonds. The average molecular weight is 491 g/mol. The Kier molecular flexibility index (Phi) is 7.15. The van der Waals surface area contributed by atoms with Gasteiger partial charge in [0.1, 0.15) is 5.82 Å². The number of primary amides is 1. The van der Waals surface area contributed by atoms with Crippen LogP contribution in [0.4, 0.5) is 36.7 Å². The highest BCUT2D eigenvalue weighted by atomic mass is 19.1. The number of carboxylic acid groups (broad SMARTS) is 1.